The molecule has 1 heterocycles. The lowest BCUT2D eigenvalue weighted by Gasteiger charge is -2.12. The first-order valence-corrected chi connectivity index (χ1v) is 8.81. The normalized spacial score (nSPS) is 12.2. The minimum atomic E-state index is 0.0579. The van der Waals surface area contributed by atoms with Gasteiger partial charge in [-0.05, 0) is 51.7 Å². The summed E-state index contributed by atoms with van der Waals surface area (Å²) in [6.45, 7) is 17.0. The molecule has 0 bridgehead atoms. The monoisotopic (exact) mass is 341 g/mol. The molecule has 4 nitrogen and oxygen atoms in total. The summed E-state index contributed by atoms with van der Waals surface area (Å²) in [6, 6.07) is 0. The number of allylic oxidation sites excluding steroid dienone is 5. The van der Waals surface area contributed by atoms with Gasteiger partial charge < -0.3 is 5.32 Å². The van der Waals surface area contributed by atoms with Crippen molar-refractivity contribution in [2.75, 3.05) is 6.54 Å². The fourth-order valence-corrected chi connectivity index (χ4v) is 2.74. The molecule has 0 aliphatic heterocycles. The van der Waals surface area contributed by atoms with Crippen LogP contribution in [0.25, 0.3) is 0 Å². The predicted molar refractivity (Wildman–Crippen MR) is 105 cm³/mol. The van der Waals surface area contributed by atoms with Gasteiger partial charge in [0.25, 0.3) is 0 Å². The molecule has 0 radical (unpaired) electrons. The van der Waals surface area contributed by atoms with E-state index in [2.05, 4.69) is 49.6 Å². The van der Waals surface area contributed by atoms with E-state index in [1.807, 2.05) is 17.8 Å². The van der Waals surface area contributed by atoms with Gasteiger partial charge in [0, 0.05) is 36.5 Å². The molecule has 0 amide bonds. The van der Waals surface area contributed by atoms with E-state index in [0.29, 0.717) is 5.57 Å². The quantitative estimate of drug-likeness (QED) is 0.283. The second kappa shape index (κ2) is 10.5. The Hall–Kier alpha value is -2.36. The number of ketones is 1. The molecule has 0 spiro atoms. The van der Waals surface area contributed by atoms with E-state index in [1.165, 1.54) is 0 Å². The van der Waals surface area contributed by atoms with Gasteiger partial charge in [-0.25, -0.2) is 0 Å². The number of hydrogen-bond donors (Lipinski definition) is 1. The Balaban J connectivity index is 2.93. The Kier molecular flexibility index (Phi) is 8.68. The largest absolute Gasteiger partial charge is 0.389 e. The summed E-state index contributed by atoms with van der Waals surface area (Å²) in [7, 11) is 0. The van der Waals surface area contributed by atoms with Gasteiger partial charge in [-0.1, -0.05) is 31.4 Å². The third-order valence-corrected chi connectivity index (χ3v) is 4.07. The van der Waals surface area contributed by atoms with Crippen molar-refractivity contribution in [3.05, 3.63) is 65.7 Å². The van der Waals surface area contributed by atoms with Crippen LogP contribution in [0.4, 0.5) is 0 Å². The first-order chi connectivity index (χ1) is 11.9. The van der Waals surface area contributed by atoms with Crippen molar-refractivity contribution >= 4 is 5.78 Å². The van der Waals surface area contributed by atoms with Crippen LogP contribution < -0.4 is 5.32 Å². The molecule has 4 heteroatoms. The molecular formula is C21H31N3O. The van der Waals surface area contributed by atoms with E-state index in [-0.39, 0.29) is 5.78 Å². The molecular weight excluding hydrogens is 310 g/mol. The number of aryl methyl sites for hydroxylation is 2. The minimum Gasteiger partial charge on any atom is -0.389 e. The lowest BCUT2D eigenvalue weighted by molar-refractivity contribution is -0.113. The highest BCUT2D eigenvalue weighted by Gasteiger charge is 2.13. The van der Waals surface area contributed by atoms with E-state index in [4.69, 9.17) is 0 Å². The molecule has 0 atom stereocenters. The SMILES string of the molecule is C=C/C(C(C)=O)=C(\CC=CCCNC(=C)C)Cc1c(C)cnn1CC. The van der Waals surface area contributed by atoms with Gasteiger partial charge in [0.1, 0.15) is 0 Å². The highest BCUT2D eigenvalue weighted by Crippen LogP contribution is 2.20. The van der Waals surface area contributed by atoms with Gasteiger partial charge >= 0.3 is 0 Å². The highest BCUT2D eigenvalue weighted by atomic mass is 16.1. The average molecular weight is 341 g/mol. The number of nitrogens with zero attached hydrogens (tertiary/aromatic N) is 2. The van der Waals surface area contributed by atoms with Crippen LogP contribution in [0.2, 0.25) is 0 Å². The summed E-state index contributed by atoms with van der Waals surface area (Å²) in [6.07, 6.45) is 10.2. The smallest absolute Gasteiger partial charge is 0.159 e. The van der Waals surface area contributed by atoms with E-state index in [1.54, 1.807) is 13.0 Å². The van der Waals surface area contributed by atoms with E-state index in [9.17, 15) is 4.79 Å². The lowest BCUT2D eigenvalue weighted by Crippen LogP contribution is -2.10. The number of aromatic nitrogens is 2. The number of rotatable bonds is 11. The zero-order valence-corrected chi connectivity index (χ0v) is 16.1. The first kappa shape index (κ1) is 20.7. The Bertz CT molecular complexity index is 677. The van der Waals surface area contributed by atoms with Crippen molar-refractivity contribution in [2.45, 2.75) is 53.5 Å². The molecule has 0 aliphatic carbocycles. The highest BCUT2D eigenvalue weighted by molar-refractivity contribution is 5.96. The van der Waals surface area contributed by atoms with Crippen LogP contribution >= 0.6 is 0 Å². The maximum absolute atomic E-state index is 12.0. The van der Waals surface area contributed by atoms with Crippen LogP contribution in [0, 0.1) is 6.92 Å². The molecule has 0 saturated heterocycles. The van der Waals surface area contributed by atoms with Crippen LogP contribution in [-0.4, -0.2) is 22.1 Å². The summed E-state index contributed by atoms with van der Waals surface area (Å²) < 4.78 is 2.00. The zero-order chi connectivity index (χ0) is 18.8. The summed E-state index contributed by atoms with van der Waals surface area (Å²) in [5.41, 5.74) is 5.09. The molecule has 1 N–H and O–H groups in total. The molecule has 1 rings (SSSR count). The van der Waals surface area contributed by atoms with Crippen LogP contribution in [0.1, 0.15) is 44.9 Å². The van der Waals surface area contributed by atoms with Gasteiger partial charge in [0.15, 0.2) is 5.78 Å². The molecule has 0 fully saturated rings. The Labute approximate surface area is 152 Å². The van der Waals surface area contributed by atoms with Crippen molar-refractivity contribution < 1.29 is 4.79 Å². The number of carbonyl (C=O) groups excluding carboxylic acids is 1. The molecule has 25 heavy (non-hydrogen) atoms. The third kappa shape index (κ3) is 6.57. The summed E-state index contributed by atoms with van der Waals surface area (Å²) >= 11 is 0. The topological polar surface area (TPSA) is 46.9 Å². The van der Waals surface area contributed by atoms with Crippen LogP contribution in [0.15, 0.2) is 54.4 Å². The Morgan fingerprint density at radius 3 is 2.64 bits per heavy atom. The molecule has 0 unspecified atom stereocenters. The van der Waals surface area contributed by atoms with E-state index in [0.717, 1.165) is 54.9 Å². The second-order valence-corrected chi connectivity index (χ2v) is 6.22. The third-order valence-electron chi connectivity index (χ3n) is 4.07. The summed E-state index contributed by atoms with van der Waals surface area (Å²) in [4.78, 5) is 12.0. The number of hydrogen-bond acceptors (Lipinski definition) is 3. The number of Topliss-reactive ketones (excluding diaryl/α,β-unsaturated/α-hetero) is 1. The van der Waals surface area contributed by atoms with Crippen molar-refractivity contribution in [1.29, 1.82) is 0 Å². The second-order valence-electron chi connectivity index (χ2n) is 6.22. The van der Waals surface area contributed by atoms with Crippen LogP contribution in [-0.2, 0) is 17.8 Å². The van der Waals surface area contributed by atoms with Gasteiger partial charge in [-0.3, -0.25) is 9.48 Å². The fourth-order valence-electron chi connectivity index (χ4n) is 2.74. The molecule has 136 valence electrons. The minimum absolute atomic E-state index is 0.0579. The van der Waals surface area contributed by atoms with E-state index < -0.39 is 0 Å². The van der Waals surface area contributed by atoms with Crippen molar-refractivity contribution in [3.63, 3.8) is 0 Å². The molecule has 1 aromatic rings. The summed E-state index contributed by atoms with van der Waals surface area (Å²) in [5.74, 6) is 0.0579. The van der Waals surface area contributed by atoms with Crippen molar-refractivity contribution in [1.82, 2.24) is 15.1 Å². The molecule has 0 aromatic carbocycles. The maximum Gasteiger partial charge on any atom is 0.159 e. The fraction of sp³-hybridized carbons (Fsp3) is 0.429. The Morgan fingerprint density at radius 2 is 2.08 bits per heavy atom. The maximum atomic E-state index is 12.0. The summed E-state index contributed by atoms with van der Waals surface area (Å²) in [5, 5.41) is 7.61. The van der Waals surface area contributed by atoms with Gasteiger partial charge in [-0.15, -0.1) is 0 Å². The Morgan fingerprint density at radius 1 is 1.36 bits per heavy atom. The van der Waals surface area contributed by atoms with Crippen LogP contribution in [0.5, 0.6) is 0 Å². The number of nitrogens with one attached hydrogen (secondary N) is 1. The zero-order valence-electron chi connectivity index (χ0n) is 16.1. The van der Waals surface area contributed by atoms with Gasteiger partial charge in [0.2, 0.25) is 0 Å². The first-order valence-electron chi connectivity index (χ1n) is 8.81. The molecule has 1 aromatic heterocycles. The lowest BCUT2D eigenvalue weighted by atomic mass is 9.96. The van der Waals surface area contributed by atoms with E-state index >= 15 is 0 Å². The van der Waals surface area contributed by atoms with Crippen molar-refractivity contribution in [3.8, 4) is 0 Å². The van der Waals surface area contributed by atoms with Gasteiger partial charge in [-0.2, -0.15) is 5.10 Å². The average Bonchev–Trinajstić information content (AvgIpc) is 2.90. The standard InChI is InChI=1S/C21H31N3O/c1-7-20(18(6)25)19(12-10-9-11-13-22-16(3)4)14-21-17(5)15-23-24(21)8-2/h7,9-10,15,22H,1,3,8,11-14H2,2,4-6H3/b10-9?,20-19-. The van der Waals surface area contributed by atoms with Crippen molar-refractivity contribution in [2.24, 2.45) is 0 Å². The molecule has 0 aliphatic rings. The molecule has 0 saturated carbocycles. The predicted octanol–water partition coefficient (Wildman–Crippen LogP) is 4.29. The van der Waals surface area contributed by atoms with Crippen LogP contribution in [0.3, 0.4) is 0 Å². The van der Waals surface area contributed by atoms with Gasteiger partial charge in [0.05, 0.1) is 6.20 Å². The number of carbonyl (C=O) groups is 1.